The summed E-state index contributed by atoms with van der Waals surface area (Å²) in [5.41, 5.74) is 3.13. The van der Waals surface area contributed by atoms with Crippen LogP contribution in [0.4, 0.5) is 0 Å². The van der Waals surface area contributed by atoms with Gasteiger partial charge in [-0.15, -0.1) is 0 Å². The molecule has 2 aromatic carbocycles. The molecule has 1 atom stereocenters. The molecular weight excluding hydrogens is 402 g/mol. The Labute approximate surface area is 190 Å². The van der Waals surface area contributed by atoms with Gasteiger partial charge in [-0.05, 0) is 55.7 Å². The molecule has 170 valence electrons. The van der Waals surface area contributed by atoms with E-state index in [2.05, 4.69) is 38.9 Å². The number of aliphatic hydroxyl groups excluding tert-OH is 1. The summed E-state index contributed by atoms with van der Waals surface area (Å²) in [5.74, 6) is 1.47. The number of rotatable bonds is 10. The smallest absolute Gasteiger partial charge is 0.191 e. The lowest BCUT2D eigenvalue weighted by molar-refractivity contribution is 0.180. The first-order valence-corrected chi connectivity index (χ1v) is 11.1. The predicted octanol–water partition coefficient (Wildman–Crippen LogP) is 3.51. The molecule has 0 aliphatic carbocycles. The van der Waals surface area contributed by atoms with Crippen molar-refractivity contribution in [3.05, 3.63) is 83.7 Å². The fourth-order valence-corrected chi connectivity index (χ4v) is 3.27. The first-order valence-electron chi connectivity index (χ1n) is 11.1. The molecule has 1 heterocycles. The average Bonchev–Trinajstić information content (AvgIpc) is 3.29. The molecular formula is C25H33N5O2. The number of aliphatic imine (C=N–C) groups is 1. The molecule has 7 nitrogen and oxygen atoms in total. The largest absolute Gasteiger partial charge is 0.491 e. The van der Waals surface area contributed by atoms with E-state index in [4.69, 9.17) is 4.74 Å². The van der Waals surface area contributed by atoms with Crippen molar-refractivity contribution in [1.29, 1.82) is 0 Å². The molecule has 0 saturated carbocycles. The minimum atomic E-state index is -0.649. The third-order valence-corrected chi connectivity index (χ3v) is 4.76. The highest BCUT2D eigenvalue weighted by Crippen LogP contribution is 2.18. The quantitative estimate of drug-likeness (QED) is 0.335. The Balaban J connectivity index is 1.56. The van der Waals surface area contributed by atoms with Gasteiger partial charge in [0.15, 0.2) is 5.96 Å². The lowest BCUT2D eigenvalue weighted by Crippen LogP contribution is -2.39. The Hall–Kier alpha value is -3.32. The van der Waals surface area contributed by atoms with Gasteiger partial charge in [-0.25, -0.2) is 4.99 Å². The van der Waals surface area contributed by atoms with Gasteiger partial charge in [-0.2, -0.15) is 5.10 Å². The summed E-state index contributed by atoms with van der Waals surface area (Å²) in [7, 11) is 0. The standard InChI is InChI=1S/C25H33N5O2/c1-4-26-25(28-17-24(31)22-9-11-23(12-10-22)32-19(2)3)27-16-20-7-5-8-21(15-20)18-30-14-6-13-29-30/h5-15,19,24,31H,4,16-18H2,1-3H3,(H2,26,27,28). The number of aromatic nitrogens is 2. The molecule has 0 saturated heterocycles. The van der Waals surface area contributed by atoms with Crippen molar-refractivity contribution < 1.29 is 9.84 Å². The summed E-state index contributed by atoms with van der Waals surface area (Å²) < 4.78 is 7.56. The zero-order valence-electron chi connectivity index (χ0n) is 19.0. The Morgan fingerprint density at radius 3 is 2.56 bits per heavy atom. The number of ether oxygens (including phenoxy) is 1. The van der Waals surface area contributed by atoms with Gasteiger partial charge in [0.25, 0.3) is 0 Å². The van der Waals surface area contributed by atoms with Crippen LogP contribution in [0.25, 0.3) is 0 Å². The van der Waals surface area contributed by atoms with Crippen molar-refractivity contribution in [2.75, 3.05) is 13.1 Å². The van der Waals surface area contributed by atoms with Crippen LogP contribution in [-0.4, -0.2) is 40.0 Å². The number of hydrogen-bond donors (Lipinski definition) is 3. The maximum Gasteiger partial charge on any atom is 0.191 e. The van der Waals surface area contributed by atoms with Crippen LogP contribution in [0.1, 0.15) is 43.6 Å². The van der Waals surface area contributed by atoms with Crippen LogP contribution in [0.2, 0.25) is 0 Å². The van der Waals surface area contributed by atoms with E-state index >= 15 is 0 Å². The molecule has 3 aromatic rings. The van der Waals surface area contributed by atoms with Gasteiger partial charge in [-0.3, -0.25) is 4.68 Å². The predicted molar refractivity (Wildman–Crippen MR) is 128 cm³/mol. The Kier molecular flexibility index (Phi) is 8.69. The van der Waals surface area contributed by atoms with E-state index in [1.807, 2.05) is 68.0 Å². The second-order valence-corrected chi connectivity index (χ2v) is 7.85. The van der Waals surface area contributed by atoms with Crippen LogP contribution in [-0.2, 0) is 13.1 Å². The molecule has 7 heteroatoms. The first kappa shape index (κ1) is 23.3. The first-order chi connectivity index (χ1) is 15.5. The van der Waals surface area contributed by atoms with E-state index in [0.29, 0.717) is 19.0 Å². The van der Waals surface area contributed by atoms with Crippen molar-refractivity contribution >= 4 is 5.96 Å². The normalized spacial score (nSPS) is 12.6. The van der Waals surface area contributed by atoms with Gasteiger partial charge in [-0.1, -0.05) is 36.4 Å². The molecule has 0 radical (unpaired) electrons. The maximum atomic E-state index is 10.6. The van der Waals surface area contributed by atoms with Crippen LogP contribution in [0.5, 0.6) is 5.75 Å². The van der Waals surface area contributed by atoms with Gasteiger partial charge in [0, 0.05) is 25.5 Å². The molecule has 0 spiro atoms. The highest BCUT2D eigenvalue weighted by molar-refractivity contribution is 5.79. The van der Waals surface area contributed by atoms with Gasteiger partial charge < -0.3 is 20.5 Å². The van der Waals surface area contributed by atoms with E-state index in [1.165, 1.54) is 5.56 Å². The summed E-state index contributed by atoms with van der Waals surface area (Å²) in [6.45, 7) is 8.37. The Morgan fingerprint density at radius 1 is 1.09 bits per heavy atom. The number of guanidine groups is 1. The van der Waals surface area contributed by atoms with Crippen LogP contribution in [0.3, 0.4) is 0 Å². The van der Waals surface area contributed by atoms with Crippen LogP contribution >= 0.6 is 0 Å². The summed E-state index contributed by atoms with van der Waals surface area (Å²) in [6.07, 6.45) is 3.21. The monoisotopic (exact) mass is 435 g/mol. The minimum Gasteiger partial charge on any atom is -0.491 e. The lowest BCUT2D eigenvalue weighted by atomic mass is 10.1. The van der Waals surface area contributed by atoms with Crippen molar-refractivity contribution in [1.82, 2.24) is 20.4 Å². The molecule has 0 bridgehead atoms. The fraction of sp³-hybridized carbons (Fsp3) is 0.360. The molecule has 1 aromatic heterocycles. The summed E-state index contributed by atoms with van der Waals surface area (Å²) in [6, 6.07) is 17.8. The van der Waals surface area contributed by atoms with E-state index in [0.717, 1.165) is 30.0 Å². The van der Waals surface area contributed by atoms with E-state index in [1.54, 1.807) is 6.20 Å². The number of aliphatic hydroxyl groups is 1. The second kappa shape index (κ2) is 11.9. The number of hydrogen-bond acceptors (Lipinski definition) is 4. The van der Waals surface area contributed by atoms with Crippen molar-refractivity contribution in [2.24, 2.45) is 4.99 Å². The van der Waals surface area contributed by atoms with Crippen LogP contribution < -0.4 is 15.4 Å². The van der Waals surface area contributed by atoms with Gasteiger partial charge in [0.05, 0.1) is 25.3 Å². The highest BCUT2D eigenvalue weighted by Gasteiger charge is 2.09. The zero-order chi connectivity index (χ0) is 22.8. The molecule has 32 heavy (non-hydrogen) atoms. The van der Waals surface area contributed by atoms with E-state index in [-0.39, 0.29) is 6.10 Å². The molecule has 1 unspecified atom stereocenters. The van der Waals surface area contributed by atoms with Gasteiger partial charge in [0.1, 0.15) is 5.75 Å². The minimum absolute atomic E-state index is 0.123. The van der Waals surface area contributed by atoms with Crippen molar-refractivity contribution in [2.45, 2.75) is 46.1 Å². The van der Waals surface area contributed by atoms with E-state index < -0.39 is 6.10 Å². The molecule has 3 N–H and O–H groups in total. The van der Waals surface area contributed by atoms with Gasteiger partial charge in [0.2, 0.25) is 0 Å². The summed E-state index contributed by atoms with van der Waals surface area (Å²) in [4.78, 5) is 4.68. The van der Waals surface area contributed by atoms with E-state index in [9.17, 15) is 5.11 Å². The number of benzene rings is 2. The number of nitrogens with zero attached hydrogens (tertiary/aromatic N) is 3. The Morgan fingerprint density at radius 2 is 1.88 bits per heavy atom. The zero-order valence-corrected chi connectivity index (χ0v) is 19.0. The summed E-state index contributed by atoms with van der Waals surface area (Å²) in [5, 5.41) is 21.3. The second-order valence-electron chi connectivity index (χ2n) is 7.85. The topological polar surface area (TPSA) is 83.7 Å². The summed E-state index contributed by atoms with van der Waals surface area (Å²) >= 11 is 0. The molecule has 0 fully saturated rings. The highest BCUT2D eigenvalue weighted by atomic mass is 16.5. The molecule has 0 amide bonds. The Bertz CT molecular complexity index is 968. The third kappa shape index (κ3) is 7.42. The van der Waals surface area contributed by atoms with Crippen LogP contribution in [0, 0.1) is 0 Å². The SMILES string of the molecule is CCNC(=NCc1cccc(Cn2cccn2)c1)NCC(O)c1ccc(OC(C)C)cc1. The average molecular weight is 436 g/mol. The molecule has 0 aliphatic rings. The molecule has 0 aliphatic heterocycles. The van der Waals surface area contributed by atoms with Gasteiger partial charge >= 0.3 is 0 Å². The van der Waals surface area contributed by atoms with Crippen LogP contribution in [0.15, 0.2) is 72.0 Å². The third-order valence-electron chi connectivity index (χ3n) is 4.76. The van der Waals surface area contributed by atoms with Crippen molar-refractivity contribution in [3.8, 4) is 5.75 Å². The van der Waals surface area contributed by atoms with Crippen molar-refractivity contribution in [3.63, 3.8) is 0 Å². The lowest BCUT2D eigenvalue weighted by Gasteiger charge is -2.16. The molecule has 3 rings (SSSR count). The fourth-order valence-electron chi connectivity index (χ4n) is 3.27. The number of nitrogens with one attached hydrogen (secondary N) is 2. The maximum absolute atomic E-state index is 10.6.